The number of ether oxygens (including phenoxy) is 3. The minimum absolute atomic E-state index is 0.0633. The Kier molecular flexibility index (Phi) is 49.6. The van der Waals surface area contributed by atoms with Crippen LogP contribution in [-0.4, -0.2) is 37.2 Å². The van der Waals surface area contributed by atoms with E-state index in [4.69, 9.17) is 14.2 Å². The molecule has 6 nitrogen and oxygen atoms in total. The van der Waals surface area contributed by atoms with Gasteiger partial charge in [0.2, 0.25) is 0 Å². The molecule has 0 rings (SSSR count). The van der Waals surface area contributed by atoms with E-state index in [-0.39, 0.29) is 31.1 Å². The SMILES string of the molecule is CCCCCCCCCCCCCCC(=O)OC[C@H](COC(=O)CCCCCCCCCCCCCCCCCCCCC(C)CC)OC(=O)CCCCCCCCCCC(C)CC. The average Bonchev–Trinajstić information content (AvgIpc) is 3.29. The summed E-state index contributed by atoms with van der Waals surface area (Å²) in [5, 5.41) is 0. The van der Waals surface area contributed by atoms with Gasteiger partial charge in [0.1, 0.15) is 13.2 Å². The fraction of sp³-hybridized carbons (Fsp3) is 0.948. The van der Waals surface area contributed by atoms with Crippen LogP contribution in [0.4, 0.5) is 0 Å². The first-order valence-electron chi connectivity index (χ1n) is 28.8. The number of hydrogen-bond acceptors (Lipinski definition) is 6. The summed E-state index contributed by atoms with van der Waals surface area (Å²) in [6.07, 6.45) is 53.7. The molecule has 380 valence electrons. The van der Waals surface area contributed by atoms with E-state index in [1.165, 1.54) is 212 Å². The molecule has 0 fully saturated rings. The number of rotatable bonds is 52. The molecule has 64 heavy (non-hydrogen) atoms. The minimum Gasteiger partial charge on any atom is -0.462 e. The van der Waals surface area contributed by atoms with E-state index in [0.717, 1.165) is 69.6 Å². The van der Waals surface area contributed by atoms with E-state index in [1.807, 2.05) is 0 Å². The van der Waals surface area contributed by atoms with Gasteiger partial charge in [0.05, 0.1) is 0 Å². The normalized spacial score (nSPS) is 12.9. The lowest BCUT2D eigenvalue weighted by Gasteiger charge is -2.18. The van der Waals surface area contributed by atoms with Gasteiger partial charge in [-0.05, 0) is 31.1 Å². The molecule has 0 bridgehead atoms. The lowest BCUT2D eigenvalue weighted by Crippen LogP contribution is -2.30. The molecule has 0 amide bonds. The van der Waals surface area contributed by atoms with Crippen LogP contribution < -0.4 is 0 Å². The molecule has 0 aliphatic carbocycles. The molecular formula is C58H112O6. The van der Waals surface area contributed by atoms with Gasteiger partial charge in [-0.1, -0.05) is 285 Å². The van der Waals surface area contributed by atoms with Crippen LogP contribution in [0.25, 0.3) is 0 Å². The van der Waals surface area contributed by atoms with E-state index >= 15 is 0 Å². The molecule has 0 saturated carbocycles. The largest absolute Gasteiger partial charge is 0.462 e. The fourth-order valence-electron chi connectivity index (χ4n) is 8.81. The third kappa shape index (κ3) is 48.3. The number of carbonyl (C=O) groups excluding carboxylic acids is 3. The summed E-state index contributed by atoms with van der Waals surface area (Å²) in [5.41, 5.74) is 0. The Morgan fingerprint density at radius 3 is 0.812 bits per heavy atom. The summed E-state index contributed by atoms with van der Waals surface area (Å²) in [6.45, 7) is 11.4. The zero-order chi connectivity index (χ0) is 46.8. The molecule has 6 heteroatoms. The molecule has 0 N–H and O–H groups in total. The summed E-state index contributed by atoms with van der Waals surface area (Å²) in [7, 11) is 0. The van der Waals surface area contributed by atoms with Crippen molar-refractivity contribution in [2.45, 2.75) is 330 Å². The van der Waals surface area contributed by atoms with E-state index < -0.39 is 6.10 Å². The third-order valence-corrected chi connectivity index (χ3v) is 13.9. The highest BCUT2D eigenvalue weighted by Gasteiger charge is 2.19. The summed E-state index contributed by atoms with van der Waals surface area (Å²) < 4.78 is 16.9. The van der Waals surface area contributed by atoms with Gasteiger partial charge in [-0.25, -0.2) is 0 Å². The first-order valence-corrected chi connectivity index (χ1v) is 28.8. The molecular weight excluding hydrogens is 793 g/mol. The van der Waals surface area contributed by atoms with Crippen LogP contribution in [0.5, 0.6) is 0 Å². The minimum atomic E-state index is -0.762. The van der Waals surface area contributed by atoms with Crippen LogP contribution in [0.1, 0.15) is 324 Å². The topological polar surface area (TPSA) is 78.9 Å². The monoisotopic (exact) mass is 905 g/mol. The van der Waals surface area contributed by atoms with E-state index in [9.17, 15) is 14.4 Å². The molecule has 0 aromatic carbocycles. The number of unbranched alkanes of at least 4 members (excludes halogenated alkanes) is 35. The van der Waals surface area contributed by atoms with Crippen molar-refractivity contribution < 1.29 is 28.6 Å². The molecule has 0 aromatic rings. The molecule has 0 heterocycles. The van der Waals surface area contributed by atoms with Gasteiger partial charge in [-0.15, -0.1) is 0 Å². The Morgan fingerprint density at radius 2 is 0.547 bits per heavy atom. The van der Waals surface area contributed by atoms with Gasteiger partial charge in [-0.2, -0.15) is 0 Å². The quantitative estimate of drug-likeness (QED) is 0.0344. The van der Waals surface area contributed by atoms with Crippen LogP contribution in [0.2, 0.25) is 0 Å². The van der Waals surface area contributed by atoms with Crippen LogP contribution in [0, 0.1) is 11.8 Å². The van der Waals surface area contributed by atoms with Crippen LogP contribution >= 0.6 is 0 Å². The Morgan fingerprint density at radius 1 is 0.312 bits per heavy atom. The molecule has 0 aromatic heterocycles. The number of hydrogen-bond donors (Lipinski definition) is 0. The Labute approximate surface area is 399 Å². The molecule has 0 radical (unpaired) electrons. The fourth-order valence-corrected chi connectivity index (χ4v) is 8.81. The van der Waals surface area contributed by atoms with E-state index in [1.54, 1.807) is 0 Å². The zero-order valence-electron chi connectivity index (χ0n) is 43.9. The Balaban J connectivity index is 4.20. The summed E-state index contributed by atoms with van der Waals surface area (Å²) in [6, 6.07) is 0. The summed E-state index contributed by atoms with van der Waals surface area (Å²) in [4.78, 5) is 38.0. The van der Waals surface area contributed by atoms with Crippen LogP contribution in [0.3, 0.4) is 0 Å². The van der Waals surface area contributed by atoms with E-state index in [2.05, 4.69) is 34.6 Å². The Bertz CT molecular complexity index is 982. The van der Waals surface area contributed by atoms with Crippen molar-refractivity contribution in [3.05, 3.63) is 0 Å². The van der Waals surface area contributed by atoms with Gasteiger partial charge in [0.25, 0.3) is 0 Å². The van der Waals surface area contributed by atoms with Crippen molar-refractivity contribution in [3.8, 4) is 0 Å². The van der Waals surface area contributed by atoms with Crippen LogP contribution in [-0.2, 0) is 28.6 Å². The highest BCUT2D eigenvalue weighted by Crippen LogP contribution is 2.19. The predicted octanol–water partition coefficient (Wildman–Crippen LogP) is 18.9. The highest BCUT2D eigenvalue weighted by atomic mass is 16.6. The number of carbonyl (C=O) groups is 3. The Hall–Kier alpha value is -1.59. The molecule has 0 spiro atoms. The van der Waals surface area contributed by atoms with Crippen molar-refractivity contribution in [1.82, 2.24) is 0 Å². The smallest absolute Gasteiger partial charge is 0.306 e. The van der Waals surface area contributed by atoms with Gasteiger partial charge in [0, 0.05) is 19.3 Å². The van der Waals surface area contributed by atoms with Crippen molar-refractivity contribution in [3.63, 3.8) is 0 Å². The second-order valence-electron chi connectivity index (χ2n) is 20.4. The second kappa shape index (κ2) is 50.8. The highest BCUT2D eigenvalue weighted by molar-refractivity contribution is 5.71. The third-order valence-electron chi connectivity index (χ3n) is 13.9. The maximum absolute atomic E-state index is 12.8. The first-order chi connectivity index (χ1) is 31.3. The summed E-state index contributed by atoms with van der Waals surface area (Å²) >= 11 is 0. The van der Waals surface area contributed by atoms with E-state index in [0.29, 0.717) is 19.3 Å². The number of esters is 3. The molecule has 0 aliphatic heterocycles. The van der Waals surface area contributed by atoms with Crippen LogP contribution in [0.15, 0.2) is 0 Å². The molecule has 0 saturated heterocycles. The van der Waals surface area contributed by atoms with Crippen molar-refractivity contribution in [2.24, 2.45) is 11.8 Å². The van der Waals surface area contributed by atoms with Crippen molar-refractivity contribution in [2.75, 3.05) is 13.2 Å². The van der Waals surface area contributed by atoms with Gasteiger partial charge < -0.3 is 14.2 Å². The first kappa shape index (κ1) is 62.4. The molecule has 0 aliphatic rings. The molecule has 2 unspecified atom stereocenters. The molecule has 3 atom stereocenters. The average molecular weight is 906 g/mol. The maximum Gasteiger partial charge on any atom is 0.306 e. The zero-order valence-corrected chi connectivity index (χ0v) is 43.9. The lowest BCUT2D eigenvalue weighted by molar-refractivity contribution is -0.167. The van der Waals surface area contributed by atoms with Crippen molar-refractivity contribution >= 4 is 17.9 Å². The predicted molar refractivity (Wildman–Crippen MR) is 275 cm³/mol. The lowest BCUT2D eigenvalue weighted by atomic mass is 9.99. The maximum atomic E-state index is 12.8. The second-order valence-corrected chi connectivity index (χ2v) is 20.4. The standard InChI is InChI=1S/C58H112O6/c1-6-9-10-11-12-13-14-24-27-33-38-43-48-56(59)62-51-55(64-58(61)50-45-40-35-30-29-32-37-42-47-54(5)8-3)52-63-57(60)49-44-39-34-28-25-22-20-18-16-15-17-19-21-23-26-31-36-41-46-53(4)7-2/h53-55H,6-52H2,1-5H3/t53?,54?,55-/m1/s1. The van der Waals surface area contributed by atoms with Gasteiger partial charge in [-0.3, -0.25) is 14.4 Å². The van der Waals surface area contributed by atoms with Gasteiger partial charge >= 0.3 is 17.9 Å². The van der Waals surface area contributed by atoms with Crippen molar-refractivity contribution in [1.29, 1.82) is 0 Å². The summed E-state index contributed by atoms with van der Waals surface area (Å²) in [5.74, 6) is 0.912. The van der Waals surface area contributed by atoms with Gasteiger partial charge in [0.15, 0.2) is 6.10 Å².